The van der Waals surface area contributed by atoms with E-state index in [1.807, 2.05) is 0 Å². The number of hydrogen-bond donors (Lipinski definition) is 2. The molecule has 0 aromatic heterocycles. The maximum atomic E-state index is 9.22. The Bertz CT molecular complexity index is 262. The summed E-state index contributed by atoms with van der Waals surface area (Å²) in [6.45, 7) is 7.28. The fraction of sp³-hybridized carbons (Fsp3) is 1.00. The largest absolute Gasteiger partial charge is 0.394 e. The first kappa shape index (κ1) is 14.3. The fourth-order valence-corrected chi connectivity index (χ4v) is 3.27. The molecule has 2 aliphatic rings. The lowest BCUT2D eigenvalue weighted by Crippen LogP contribution is -2.53. The monoisotopic (exact) mass is 256 g/mol. The Balaban J connectivity index is 1.89. The second-order valence-electron chi connectivity index (χ2n) is 6.28. The minimum Gasteiger partial charge on any atom is -0.394 e. The number of ether oxygens (including phenoxy) is 1. The van der Waals surface area contributed by atoms with E-state index < -0.39 is 0 Å². The molecule has 1 heterocycles. The number of aliphatic hydroxyl groups is 1. The number of aliphatic hydroxyl groups excluding tert-OH is 1. The van der Waals surface area contributed by atoms with Crippen molar-refractivity contribution in [2.45, 2.75) is 51.3 Å². The van der Waals surface area contributed by atoms with E-state index in [9.17, 15) is 5.11 Å². The minimum atomic E-state index is -0.0153. The molecular weight excluding hydrogens is 228 g/mol. The molecule has 2 fully saturated rings. The summed E-state index contributed by atoms with van der Waals surface area (Å²) in [6, 6.07) is 0.793. The van der Waals surface area contributed by atoms with E-state index in [1.165, 1.54) is 12.8 Å². The van der Waals surface area contributed by atoms with E-state index in [2.05, 4.69) is 18.7 Å². The summed E-state index contributed by atoms with van der Waals surface area (Å²) in [4.78, 5) is 2.45. The molecule has 0 bridgehead atoms. The van der Waals surface area contributed by atoms with Gasteiger partial charge in [0.25, 0.3) is 0 Å². The molecule has 4 heteroatoms. The van der Waals surface area contributed by atoms with Gasteiger partial charge in [-0.05, 0) is 38.0 Å². The van der Waals surface area contributed by atoms with Gasteiger partial charge < -0.3 is 15.6 Å². The molecule has 0 spiro atoms. The van der Waals surface area contributed by atoms with Gasteiger partial charge in [-0.2, -0.15) is 0 Å². The highest BCUT2D eigenvalue weighted by Gasteiger charge is 2.32. The molecule has 0 radical (unpaired) electrons. The minimum absolute atomic E-state index is 0.0153. The summed E-state index contributed by atoms with van der Waals surface area (Å²) in [5, 5.41) is 9.22. The molecule has 1 aliphatic heterocycles. The third-order valence-electron chi connectivity index (χ3n) is 4.61. The normalized spacial score (nSPS) is 43.0. The third-order valence-corrected chi connectivity index (χ3v) is 4.61. The van der Waals surface area contributed by atoms with Crippen LogP contribution in [-0.4, -0.2) is 54.5 Å². The van der Waals surface area contributed by atoms with E-state index in [0.717, 1.165) is 32.0 Å². The SMILES string of the molecule is CC1CCC(N)C(CN2CC(CO)OCC2C)C1. The van der Waals surface area contributed by atoms with Crippen LogP contribution in [-0.2, 0) is 4.74 Å². The van der Waals surface area contributed by atoms with E-state index in [-0.39, 0.29) is 12.7 Å². The Morgan fingerprint density at radius 3 is 2.83 bits per heavy atom. The third kappa shape index (κ3) is 3.44. The predicted octanol–water partition coefficient (Wildman–Crippen LogP) is 0.832. The second-order valence-corrected chi connectivity index (χ2v) is 6.28. The summed E-state index contributed by atoms with van der Waals surface area (Å²) in [6.07, 6.45) is 3.66. The summed E-state index contributed by atoms with van der Waals surface area (Å²) < 4.78 is 5.58. The first-order valence-electron chi connectivity index (χ1n) is 7.32. The van der Waals surface area contributed by atoms with Gasteiger partial charge in [-0.25, -0.2) is 0 Å². The van der Waals surface area contributed by atoms with Crippen molar-refractivity contribution in [1.82, 2.24) is 4.90 Å². The van der Waals surface area contributed by atoms with Crippen LogP contribution in [0.4, 0.5) is 0 Å². The molecule has 106 valence electrons. The van der Waals surface area contributed by atoms with E-state index in [1.54, 1.807) is 0 Å². The smallest absolute Gasteiger partial charge is 0.0933 e. The maximum absolute atomic E-state index is 9.22. The van der Waals surface area contributed by atoms with Gasteiger partial charge in [0, 0.05) is 25.2 Å². The van der Waals surface area contributed by atoms with Crippen molar-refractivity contribution >= 4 is 0 Å². The van der Waals surface area contributed by atoms with Crippen molar-refractivity contribution in [3.8, 4) is 0 Å². The zero-order valence-corrected chi connectivity index (χ0v) is 11.7. The molecule has 0 aromatic rings. The van der Waals surface area contributed by atoms with Crippen LogP contribution in [0.1, 0.15) is 33.1 Å². The van der Waals surface area contributed by atoms with Crippen molar-refractivity contribution in [1.29, 1.82) is 0 Å². The first-order valence-corrected chi connectivity index (χ1v) is 7.32. The zero-order valence-electron chi connectivity index (χ0n) is 11.7. The highest BCUT2D eigenvalue weighted by atomic mass is 16.5. The molecule has 1 saturated heterocycles. The van der Waals surface area contributed by atoms with Crippen molar-refractivity contribution < 1.29 is 9.84 Å². The van der Waals surface area contributed by atoms with Gasteiger partial charge in [-0.15, -0.1) is 0 Å². The van der Waals surface area contributed by atoms with E-state index >= 15 is 0 Å². The Morgan fingerprint density at radius 1 is 1.33 bits per heavy atom. The predicted molar refractivity (Wildman–Crippen MR) is 72.3 cm³/mol. The number of morpholine rings is 1. The van der Waals surface area contributed by atoms with Crippen LogP contribution in [0.5, 0.6) is 0 Å². The summed E-state index contributed by atoms with van der Waals surface area (Å²) in [5.74, 6) is 1.41. The lowest BCUT2D eigenvalue weighted by atomic mass is 9.79. The van der Waals surface area contributed by atoms with Crippen molar-refractivity contribution in [3.05, 3.63) is 0 Å². The van der Waals surface area contributed by atoms with Gasteiger partial charge in [0.1, 0.15) is 0 Å². The zero-order chi connectivity index (χ0) is 13.1. The Hall–Kier alpha value is -0.160. The molecule has 2 rings (SSSR count). The fourth-order valence-electron chi connectivity index (χ4n) is 3.27. The van der Waals surface area contributed by atoms with E-state index in [4.69, 9.17) is 10.5 Å². The Morgan fingerprint density at radius 2 is 2.11 bits per heavy atom. The van der Waals surface area contributed by atoms with Gasteiger partial charge in [0.2, 0.25) is 0 Å². The van der Waals surface area contributed by atoms with Crippen molar-refractivity contribution in [2.24, 2.45) is 17.6 Å². The number of nitrogens with zero attached hydrogens (tertiary/aromatic N) is 1. The number of rotatable bonds is 3. The Kier molecular flexibility index (Phi) is 5.01. The van der Waals surface area contributed by atoms with Crippen molar-refractivity contribution in [3.63, 3.8) is 0 Å². The lowest BCUT2D eigenvalue weighted by molar-refractivity contribution is -0.0837. The van der Waals surface area contributed by atoms with Gasteiger partial charge in [0.05, 0.1) is 19.3 Å². The molecule has 5 unspecified atom stereocenters. The van der Waals surface area contributed by atoms with Crippen LogP contribution in [0.25, 0.3) is 0 Å². The van der Waals surface area contributed by atoms with Gasteiger partial charge in [0.15, 0.2) is 0 Å². The molecule has 4 nitrogen and oxygen atoms in total. The average molecular weight is 256 g/mol. The second kappa shape index (κ2) is 6.33. The van der Waals surface area contributed by atoms with Crippen LogP contribution in [0.2, 0.25) is 0 Å². The molecule has 1 saturated carbocycles. The van der Waals surface area contributed by atoms with Crippen LogP contribution < -0.4 is 5.73 Å². The number of nitrogens with two attached hydrogens (primary N) is 1. The summed E-state index contributed by atoms with van der Waals surface area (Å²) in [7, 11) is 0. The molecule has 0 amide bonds. The van der Waals surface area contributed by atoms with Crippen LogP contribution in [0.15, 0.2) is 0 Å². The van der Waals surface area contributed by atoms with E-state index in [0.29, 0.717) is 18.0 Å². The maximum Gasteiger partial charge on any atom is 0.0933 e. The van der Waals surface area contributed by atoms with Crippen molar-refractivity contribution in [2.75, 3.05) is 26.3 Å². The van der Waals surface area contributed by atoms with Gasteiger partial charge in [-0.3, -0.25) is 4.90 Å². The number of hydrogen-bond acceptors (Lipinski definition) is 4. The molecule has 3 N–H and O–H groups in total. The molecule has 18 heavy (non-hydrogen) atoms. The molecule has 5 atom stereocenters. The van der Waals surface area contributed by atoms with Crippen LogP contribution in [0.3, 0.4) is 0 Å². The van der Waals surface area contributed by atoms with Crippen LogP contribution in [0, 0.1) is 11.8 Å². The first-order chi connectivity index (χ1) is 8.60. The van der Waals surface area contributed by atoms with Crippen LogP contribution >= 0.6 is 0 Å². The quantitative estimate of drug-likeness (QED) is 0.785. The Labute approximate surface area is 110 Å². The highest BCUT2D eigenvalue weighted by Crippen LogP contribution is 2.29. The standard InChI is InChI=1S/C14H28N2O2/c1-10-3-4-14(15)12(5-10)6-16-7-13(8-17)18-9-11(16)2/h10-14,17H,3-9,15H2,1-2H3. The summed E-state index contributed by atoms with van der Waals surface area (Å²) in [5.41, 5.74) is 6.26. The highest BCUT2D eigenvalue weighted by molar-refractivity contribution is 4.86. The lowest BCUT2D eigenvalue weighted by Gasteiger charge is -2.42. The average Bonchev–Trinajstić information content (AvgIpc) is 2.36. The topological polar surface area (TPSA) is 58.7 Å². The van der Waals surface area contributed by atoms with Gasteiger partial charge >= 0.3 is 0 Å². The molecule has 1 aliphatic carbocycles. The molecular formula is C14H28N2O2. The summed E-state index contributed by atoms with van der Waals surface area (Å²) >= 11 is 0. The van der Waals surface area contributed by atoms with Gasteiger partial charge in [-0.1, -0.05) is 6.92 Å². The molecule has 0 aromatic carbocycles.